The molecule has 0 aliphatic carbocycles. The third kappa shape index (κ3) is 3.73. The topological polar surface area (TPSA) is 176 Å². The van der Waals surface area contributed by atoms with Gasteiger partial charge in [-0.05, 0) is 13.8 Å². The summed E-state index contributed by atoms with van der Waals surface area (Å²) in [6, 6.07) is -0.593. The van der Waals surface area contributed by atoms with Gasteiger partial charge in [-0.1, -0.05) is 0 Å². The molecule has 8 N–H and O–H groups in total. The van der Waals surface area contributed by atoms with Gasteiger partial charge in [-0.3, -0.25) is 0 Å². The molecule has 2 aliphatic rings. The van der Waals surface area contributed by atoms with Gasteiger partial charge in [-0.15, -0.1) is 10.3 Å². The van der Waals surface area contributed by atoms with Gasteiger partial charge in [-0.25, -0.2) is 0 Å². The zero-order valence-corrected chi connectivity index (χ0v) is 9.75. The minimum atomic E-state index is -0.296. The number of quaternary nitrogens is 2. The highest BCUT2D eigenvalue weighted by Gasteiger charge is 2.24. The molecule has 17 heavy (non-hydrogen) atoms. The van der Waals surface area contributed by atoms with E-state index in [0.29, 0.717) is 0 Å². The summed E-state index contributed by atoms with van der Waals surface area (Å²) in [7, 11) is 0. The second-order valence-electron chi connectivity index (χ2n) is 3.69. The van der Waals surface area contributed by atoms with Crippen LogP contribution in [0, 0.1) is 0 Å². The summed E-state index contributed by atoms with van der Waals surface area (Å²) in [5.41, 5.74) is 7.06. The molecule has 0 saturated heterocycles. The number of hydrogen-bond donors (Lipinski definition) is 2. The first-order valence-corrected chi connectivity index (χ1v) is 4.91. The fourth-order valence-electron chi connectivity index (χ4n) is 0.954. The second kappa shape index (κ2) is 6.23. The summed E-state index contributed by atoms with van der Waals surface area (Å²) in [6.07, 6.45) is -0.273. The van der Waals surface area contributed by atoms with Crippen molar-refractivity contribution in [3.63, 3.8) is 0 Å². The van der Waals surface area contributed by atoms with Crippen LogP contribution in [-0.2, 0) is 9.68 Å². The van der Waals surface area contributed by atoms with Crippen LogP contribution in [0.25, 0.3) is 0 Å². The van der Waals surface area contributed by atoms with Crippen LogP contribution in [0.15, 0.2) is 10.3 Å². The Morgan fingerprint density at radius 1 is 0.941 bits per heavy atom. The van der Waals surface area contributed by atoms with E-state index in [0.717, 1.165) is 0 Å². The van der Waals surface area contributed by atoms with E-state index in [1.165, 1.54) is 0 Å². The number of oxime groups is 2. The van der Waals surface area contributed by atoms with E-state index < -0.39 is 0 Å². The maximum absolute atomic E-state index is 10.4. The largest absolute Gasteiger partial charge is 0.855 e. The number of nitrogens with zero attached hydrogens (tertiary/aromatic N) is 2. The molecule has 0 aromatic heterocycles. The predicted molar refractivity (Wildman–Crippen MR) is 52.9 cm³/mol. The van der Waals surface area contributed by atoms with Gasteiger partial charge in [0.1, 0.15) is 0 Å². The van der Waals surface area contributed by atoms with Gasteiger partial charge >= 0.3 is 0 Å². The molecule has 0 amide bonds. The van der Waals surface area contributed by atoms with Gasteiger partial charge in [0.15, 0.2) is 24.3 Å². The van der Waals surface area contributed by atoms with Gasteiger partial charge in [0.05, 0.1) is 11.8 Å². The summed E-state index contributed by atoms with van der Waals surface area (Å²) in [5, 5.41) is 27.3. The Morgan fingerprint density at radius 2 is 1.24 bits per heavy atom. The molecule has 0 unspecified atom stereocenters. The van der Waals surface area contributed by atoms with Crippen LogP contribution >= 0.6 is 0 Å². The summed E-state index contributed by atoms with van der Waals surface area (Å²) in [4.78, 5) is 9.18. The van der Waals surface area contributed by atoms with Crippen LogP contribution in [0.3, 0.4) is 0 Å². The summed E-state index contributed by atoms with van der Waals surface area (Å²) in [5.74, 6) is -0.505. The van der Waals surface area contributed by atoms with Crippen LogP contribution in [0.4, 0.5) is 0 Å². The summed E-state index contributed by atoms with van der Waals surface area (Å²) in [6.45, 7) is 3.54. The third-order valence-electron chi connectivity index (χ3n) is 2.39. The first-order chi connectivity index (χ1) is 7.43. The van der Waals surface area contributed by atoms with Crippen molar-refractivity contribution in [1.82, 2.24) is 0 Å². The lowest BCUT2D eigenvalue weighted by Crippen LogP contribution is -2.70. The van der Waals surface area contributed by atoms with Crippen LogP contribution in [-0.4, -0.2) is 41.6 Å². The van der Waals surface area contributed by atoms with Crippen LogP contribution in [0.2, 0.25) is 0 Å². The average molecular weight is 250 g/mol. The Labute approximate surface area is 98.0 Å². The van der Waals surface area contributed by atoms with Crippen molar-refractivity contribution >= 4 is 11.8 Å². The highest BCUT2D eigenvalue weighted by molar-refractivity contribution is 5.77. The molecule has 0 saturated carbocycles. The molecule has 0 bridgehead atoms. The Balaban J connectivity index is 0.000000284. The van der Waals surface area contributed by atoms with E-state index in [-0.39, 0.29) is 41.6 Å². The lowest BCUT2D eigenvalue weighted by atomic mass is 10.2. The molecule has 2 heterocycles. The minimum Gasteiger partial charge on any atom is -0.855 e. The van der Waals surface area contributed by atoms with E-state index in [1.807, 2.05) is 0 Å². The highest BCUT2D eigenvalue weighted by Crippen LogP contribution is 2.02. The Kier molecular flexibility index (Phi) is 5.65. The molecule has 0 fully saturated rings. The van der Waals surface area contributed by atoms with Crippen molar-refractivity contribution < 1.29 is 36.8 Å². The van der Waals surface area contributed by atoms with Gasteiger partial charge < -0.3 is 36.8 Å². The normalized spacial score (nSPS) is 34.4. The molecule has 0 radical (unpaired) electrons. The second-order valence-corrected chi connectivity index (χ2v) is 3.69. The summed E-state index contributed by atoms with van der Waals surface area (Å²) < 4.78 is 0. The standard InChI is InChI=1S/2C4H8N2O2.H2O/c2*1-2-3(5)4(7)6-8-2;/h2*2-3H,5H2,1H3,(H,6,7);1H2/t2*2-,3+;/m11./s1. The SMILES string of the molecule is C[C@H]1ON=C([O-])[C@H]1[NH3+].C[C@H]1ON=C([O-])[C@H]1[NH3+].O. The van der Waals surface area contributed by atoms with E-state index in [9.17, 15) is 10.2 Å². The molecule has 4 atom stereocenters. The molecular weight excluding hydrogens is 232 g/mol. The quantitative estimate of drug-likeness (QED) is 0.436. The maximum atomic E-state index is 10.4. The minimum absolute atomic E-state index is 0. The van der Waals surface area contributed by atoms with Gasteiger partial charge in [0.25, 0.3) is 0 Å². The Morgan fingerprint density at radius 3 is 1.29 bits per heavy atom. The molecule has 0 spiro atoms. The highest BCUT2D eigenvalue weighted by atomic mass is 16.7. The smallest absolute Gasteiger partial charge is 0.180 e. The van der Waals surface area contributed by atoms with E-state index in [2.05, 4.69) is 31.5 Å². The monoisotopic (exact) mass is 250 g/mol. The molecule has 9 heteroatoms. The molecule has 2 rings (SSSR count). The molecule has 100 valence electrons. The van der Waals surface area contributed by atoms with Gasteiger partial charge in [0, 0.05) is 0 Å². The molecular formula is C8H18N4O5. The predicted octanol–water partition coefficient (Wildman–Crippen LogP) is -5.45. The first kappa shape index (κ1) is 15.4. The van der Waals surface area contributed by atoms with Crippen molar-refractivity contribution in [2.75, 3.05) is 0 Å². The van der Waals surface area contributed by atoms with Crippen molar-refractivity contribution in [3.8, 4) is 0 Å². The van der Waals surface area contributed by atoms with Crippen molar-refractivity contribution in [2.45, 2.75) is 38.1 Å². The van der Waals surface area contributed by atoms with Crippen LogP contribution in [0.5, 0.6) is 0 Å². The lowest BCUT2D eigenvalue weighted by Gasteiger charge is -2.06. The van der Waals surface area contributed by atoms with Gasteiger partial charge in [0.2, 0.25) is 0 Å². The van der Waals surface area contributed by atoms with Crippen molar-refractivity contribution in [1.29, 1.82) is 0 Å². The van der Waals surface area contributed by atoms with Crippen molar-refractivity contribution in [3.05, 3.63) is 0 Å². The molecule has 0 aromatic carbocycles. The zero-order chi connectivity index (χ0) is 12.3. The third-order valence-corrected chi connectivity index (χ3v) is 2.39. The maximum Gasteiger partial charge on any atom is 0.180 e. The van der Waals surface area contributed by atoms with E-state index in [1.54, 1.807) is 13.8 Å². The fraction of sp³-hybridized carbons (Fsp3) is 0.750. The molecule has 0 aromatic rings. The Hall–Kier alpha value is -1.58. The molecule has 9 nitrogen and oxygen atoms in total. The van der Waals surface area contributed by atoms with Crippen LogP contribution < -0.4 is 21.7 Å². The Bertz CT molecular complexity index is 278. The number of rotatable bonds is 0. The van der Waals surface area contributed by atoms with Crippen LogP contribution in [0.1, 0.15) is 13.8 Å². The first-order valence-electron chi connectivity index (χ1n) is 4.91. The summed E-state index contributed by atoms with van der Waals surface area (Å²) >= 11 is 0. The zero-order valence-electron chi connectivity index (χ0n) is 9.75. The van der Waals surface area contributed by atoms with Crippen molar-refractivity contribution in [2.24, 2.45) is 10.3 Å². The fourth-order valence-corrected chi connectivity index (χ4v) is 0.954. The average Bonchev–Trinajstić information content (AvgIpc) is 2.70. The number of hydrogen-bond acceptors (Lipinski definition) is 6. The van der Waals surface area contributed by atoms with E-state index in [4.69, 9.17) is 0 Å². The molecule has 2 aliphatic heterocycles. The van der Waals surface area contributed by atoms with Gasteiger partial charge in [-0.2, -0.15) is 0 Å². The lowest BCUT2D eigenvalue weighted by molar-refractivity contribution is -0.424. The van der Waals surface area contributed by atoms with E-state index >= 15 is 0 Å².